The van der Waals surface area contributed by atoms with E-state index in [1.807, 2.05) is 6.07 Å². The van der Waals surface area contributed by atoms with Crippen LogP contribution < -0.4 is 4.74 Å². The van der Waals surface area contributed by atoms with E-state index in [1.54, 1.807) is 6.07 Å². The predicted molar refractivity (Wildman–Crippen MR) is 56.7 cm³/mol. The molecule has 0 unspecified atom stereocenters. The number of rotatable bonds is 3. The lowest BCUT2D eigenvalue weighted by molar-refractivity contribution is -0.385. The van der Waals surface area contributed by atoms with Gasteiger partial charge in [-0.15, -0.1) is 0 Å². The number of nitro groups is 1. The highest BCUT2D eigenvalue weighted by molar-refractivity contribution is 9.10. The summed E-state index contributed by atoms with van der Waals surface area (Å²) >= 11 is 3.14. The van der Waals surface area contributed by atoms with E-state index < -0.39 is 4.92 Å². The summed E-state index contributed by atoms with van der Waals surface area (Å²) in [5.41, 5.74) is 0.191. The van der Waals surface area contributed by atoms with Gasteiger partial charge in [0.05, 0.1) is 30.1 Å². The molecular formula is C9H7BrN2O3. The first-order valence-corrected chi connectivity index (χ1v) is 4.77. The quantitative estimate of drug-likeness (QED) is 0.624. The van der Waals surface area contributed by atoms with Gasteiger partial charge in [0.25, 0.3) is 5.69 Å². The molecule has 0 heterocycles. The first-order valence-electron chi connectivity index (χ1n) is 3.98. The van der Waals surface area contributed by atoms with Gasteiger partial charge in [0.15, 0.2) is 0 Å². The molecule has 0 amide bonds. The third kappa shape index (κ3) is 2.44. The lowest BCUT2D eigenvalue weighted by Gasteiger charge is -2.06. The Morgan fingerprint density at radius 1 is 1.67 bits per heavy atom. The monoisotopic (exact) mass is 270 g/mol. The third-order valence-corrected chi connectivity index (χ3v) is 2.28. The van der Waals surface area contributed by atoms with Crippen molar-refractivity contribution in [2.24, 2.45) is 0 Å². The van der Waals surface area contributed by atoms with Crippen LogP contribution in [0.3, 0.4) is 0 Å². The Bertz CT molecular complexity index is 440. The van der Waals surface area contributed by atoms with Crippen LogP contribution in [0.2, 0.25) is 0 Å². The summed E-state index contributed by atoms with van der Waals surface area (Å²) in [5, 5.41) is 19.3. The van der Waals surface area contributed by atoms with Gasteiger partial charge < -0.3 is 4.74 Å². The summed E-state index contributed by atoms with van der Waals surface area (Å²) in [7, 11) is 1.41. The van der Waals surface area contributed by atoms with Gasteiger partial charge in [-0.05, 0) is 6.07 Å². The molecule has 0 aromatic heterocycles. The molecule has 6 heteroatoms. The second-order valence-electron chi connectivity index (χ2n) is 2.70. The summed E-state index contributed by atoms with van der Waals surface area (Å²) in [6, 6.07) is 4.83. The topological polar surface area (TPSA) is 76.2 Å². The normalized spacial score (nSPS) is 9.40. The molecule has 0 fully saturated rings. The summed E-state index contributed by atoms with van der Waals surface area (Å²) in [6.07, 6.45) is -0.0488. The number of nitriles is 1. The second-order valence-corrected chi connectivity index (χ2v) is 3.61. The molecule has 0 aliphatic heterocycles. The third-order valence-electron chi connectivity index (χ3n) is 1.82. The van der Waals surface area contributed by atoms with Gasteiger partial charge in [-0.2, -0.15) is 5.26 Å². The Balaban J connectivity index is 3.41. The maximum absolute atomic E-state index is 10.7. The van der Waals surface area contributed by atoms with E-state index in [1.165, 1.54) is 13.2 Å². The van der Waals surface area contributed by atoms with Gasteiger partial charge in [0, 0.05) is 10.5 Å². The molecule has 1 aromatic rings. The fourth-order valence-electron chi connectivity index (χ4n) is 1.20. The molecule has 78 valence electrons. The lowest BCUT2D eigenvalue weighted by atomic mass is 10.1. The van der Waals surface area contributed by atoms with Gasteiger partial charge >= 0.3 is 0 Å². The molecule has 0 saturated carbocycles. The lowest BCUT2D eigenvalue weighted by Crippen LogP contribution is -1.98. The van der Waals surface area contributed by atoms with Crippen LogP contribution >= 0.6 is 15.9 Å². The van der Waals surface area contributed by atoms with Crippen LogP contribution in [-0.2, 0) is 6.42 Å². The average Bonchev–Trinajstić information content (AvgIpc) is 2.19. The summed E-state index contributed by atoms with van der Waals surface area (Å²) < 4.78 is 5.53. The SMILES string of the molecule is COc1cc(Br)cc([N+](=O)[O-])c1CC#N. The highest BCUT2D eigenvalue weighted by Gasteiger charge is 2.19. The van der Waals surface area contributed by atoms with Gasteiger partial charge in [-0.3, -0.25) is 10.1 Å². The Hall–Kier alpha value is -1.61. The standard InChI is InChI=1S/C9H7BrN2O3/c1-15-9-5-6(10)4-8(12(13)14)7(9)2-3-11/h4-5H,2H2,1H3. The fraction of sp³-hybridized carbons (Fsp3) is 0.222. The van der Waals surface area contributed by atoms with Crippen molar-refractivity contribution >= 4 is 21.6 Å². The molecule has 0 spiro atoms. The van der Waals surface area contributed by atoms with E-state index >= 15 is 0 Å². The average molecular weight is 271 g/mol. The number of ether oxygens (including phenoxy) is 1. The second kappa shape index (κ2) is 4.75. The zero-order valence-electron chi connectivity index (χ0n) is 7.86. The van der Waals surface area contributed by atoms with Crippen LogP contribution in [0.1, 0.15) is 5.56 Å². The van der Waals surface area contributed by atoms with Gasteiger partial charge in [0.1, 0.15) is 5.75 Å². The highest BCUT2D eigenvalue weighted by atomic mass is 79.9. The van der Waals surface area contributed by atoms with Crippen LogP contribution in [0, 0.1) is 21.4 Å². The molecule has 0 aliphatic carbocycles. The van der Waals surface area contributed by atoms with E-state index in [4.69, 9.17) is 10.00 Å². The van der Waals surface area contributed by atoms with Crippen molar-refractivity contribution in [1.29, 1.82) is 5.26 Å². The van der Waals surface area contributed by atoms with Crippen molar-refractivity contribution < 1.29 is 9.66 Å². The zero-order valence-corrected chi connectivity index (χ0v) is 9.44. The Morgan fingerprint density at radius 2 is 2.33 bits per heavy atom. The number of halogens is 1. The maximum Gasteiger partial charge on any atom is 0.278 e. The fourth-order valence-corrected chi connectivity index (χ4v) is 1.62. The zero-order chi connectivity index (χ0) is 11.4. The molecule has 5 nitrogen and oxygen atoms in total. The van der Waals surface area contributed by atoms with E-state index in [0.717, 1.165) is 0 Å². The number of hydrogen-bond donors (Lipinski definition) is 0. The van der Waals surface area contributed by atoms with E-state index in [0.29, 0.717) is 15.8 Å². The molecule has 0 aliphatic rings. The molecular weight excluding hydrogens is 264 g/mol. The Morgan fingerprint density at radius 3 is 2.80 bits per heavy atom. The van der Waals surface area contributed by atoms with Gasteiger partial charge in [0.2, 0.25) is 0 Å². The molecule has 0 N–H and O–H groups in total. The number of methoxy groups -OCH3 is 1. The van der Waals surface area contributed by atoms with Crippen molar-refractivity contribution in [2.45, 2.75) is 6.42 Å². The molecule has 1 aromatic carbocycles. The van der Waals surface area contributed by atoms with Gasteiger partial charge in [-0.25, -0.2) is 0 Å². The first-order chi connectivity index (χ1) is 7.10. The maximum atomic E-state index is 10.7. The predicted octanol–water partition coefficient (Wildman–Crippen LogP) is 2.43. The molecule has 15 heavy (non-hydrogen) atoms. The van der Waals surface area contributed by atoms with Crippen LogP contribution in [0.4, 0.5) is 5.69 Å². The Kier molecular flexibility index (Phi) is 3.63. The first kappa shape index (κ1) is 11.5. The number of nitrogens with zero attached hydrogens (tertiary/aromatic N) is 2. The summed E-state index contributed by atoms with van der Waals surface area (Å²) in [6.45, 7) is 0. The summed E-state index contributed by atoms with van der Waals surface area (Å²) in [4.78, 5) is 10.2. The van der Waals surface area contributed by atoms with Crippen molar-refractivity contribution in [3.63, 3.8) is 0 Å². The minimum absolute atomic E-state index is 0.0488. The summed E-state index contributed by atoms with van der Waals surface area (Å²) in [5.74, 6) is 0.345. The number of nitro benzene ring substituents is 1. The molecule has 0 atom stereocenters. The molecule has 0 saturated heterocycles. The van der Waals surface area contributed by atoms with Crippen molar-refractivity contribution in [3.8, 4) is 11.8 Å². The number of hydrogen-bond acceptors (Lipinski definition) is 4. The molecule has 1 rings (SSSR count). The van der Waals surface area contributed by atoms with E-state index in [-0.39, 0.29) is 12.1 Å². The minimum Gasteiger partial charge on any atom is -0.496 e. The Labute approximate surface area is 94.6 Å². The van der Waals surface area contributed by atoms with E-state index in [9.17, 15) is 10.1 Å². The largest absolute Gasteiger partial charge is 0.496 e. The highest BCUT2D eigenvalue weighted by Crippen LogP contribution is 2.32. The smallest absolute Gasteiger partial charge is 0.278 e. The van der Waals surface area contributed by atoms with Crippen LogP contribution in [0.15, 0.2) is 16.6 Å². The molecule has 0 bridgehead atoms. The van der Waals surface area contributed by atoms with Crippen molar-refractivity contribution in [1.82, 2.24) is 0 Å². The van der Waals surface area contributed by atoms with Crippen LogP contribution in [-0.4, -0.2) is 12.0 Å². The van der Waals surface area contributed by atoms with Crippen LogP contribution in [0.25, 0.3) is 0 Å². The van der Waals surface area contributed by atoms with E-state index in [2.05, 4.69) is 15.9 Å². The molecule has 0 radical (unpaired) electrons. The number of benzene rings is 1. The van der Waals surface area contributed by atoms with Gasteiger partial charge in [-0.1, -0.05) is 15.9 Å². The van der Waals surface area contributed by atoms with Crippen molar-refractivity contribution in [2.75, 3.05) is 7.11 Å². The minimum atomic E-state index is -0.528. The van der Waals surface area contributed by atoms with Crippen molar-refractivity contribution in [3.05, 3.63) is 32.3 Å². The van der Waals surface area contributed by atoms with Crippen LogP contribution in [0.5, 0.6) is 5.75 Å².